The summed E-state index contributed by atoms with van der Waals surface area (Å²) in [7, 11) is 1.58. The number of hydrogen-bond donors (Lipinski definition) is 1. The minimum atomic E-state index is -4.58. The number of nitrogens with zero attached hydrogens (tertiary/aromatic N) is 2. The Labute approximate surface area is 231 Å². The molecule has 0 unspecified atom stereocenters. The molecule has 0 radical (unpaired) electrons. The molecule has 0 spiro atoms. The number of H-pyrrole nitrogens is 1. The average molecular weight is 552 g/mol. The van der Waals surface area contributed by atoms with Crippen LogP contribution >= 0.6 is 0 Å². The second-order valence-electron chi connectivity index (χ2n) is 9.88. The van der Waals surface area contributed by atoms with Crippen LogP contribution in [0.2, 0.25) is 0 Å². The number of carbonyl (C=O) groups is 2. The Morgan fingerprint density at radius 2 is 1.70 bits per heavy atom. The van der Waals surface area contributed by atoms with Crippen molar-refractivity contribution >= 4 is 22.7 Å². The number of aromatic nitrogens is 1. The van der Waals surface area contributed by atoms with Gasteiger partial charge in [-0.1, -0.05) is 36.4 Å². The molecule has 0 aliphatic carbocycles. The summed E-state index contributed by atoms with van der Waals surface area (Å²) >= 11 is 0. The first-order chi connectivity index (χ1) is 19.1. The number of methoxy groups -OCH3 is 1. The van der Waals surface area contributed by atoms with Gasteiger partial charge in [0.2, 0.25) is 5.91 Å². The number of nitrogens with one attached hydrogen (secondary N) is 1. The second kappa shape index (κ2) is 12.3. The third-order valence-electron chi connectivity index (χ3n) is 6.84. The van der Waals surface area contributed by atoms with Crippen LogP contribution in [0.4, 0.5) is 13.2 Å². The van der Waals surface area contributed by atoms with Gasteiger partial charge in [-0.15, -0.1) is 0 Å². The fraction of sp³-hybridized carbons (Fsp3) is 0.290. The van der Waals surface area contributed by atoms with E-state index in [0.29, 0.717) is 25.3 Å². The zero-order chi connectivity index (χ0) is 28.9. The number of benzene rings is 3. The van der Waals surface area contributed by atoms with Crippen LogP contribution in [0.1, 0.15) is 40.9 Å². The molecule has 3 aromatic carbocycles. The molecular weight excluding hydrogens is 519 g/mol. The van der Waals surface area contributed by atoms with Crippen LogP contribution in [0.5, 0.6) is 5.75 Å². The SMILES string of the molecule is COc1ccc(CN(CCc2c[nH]c3ccccc23)C(=O)CN(C(=O)c2cccc(C(F)(F)F)c2)C(C)C)cc1. The molecule has 0 atom stereocenters. The molecule has 4 aromatic rings. The van der Waals surface area contributed by atoms with Crippen LogP contribution in [0.25, 0.3) is 10.9 Å². The first kappa shape index (κ1) is 28.7. The molecule has 210 valence electrons. The number of halogens is 3. The molecular formula is C31H32F3N3O3. The highest BCUT2D eigenvalue weighted by Crippen LogP contribution is 2.30. The zero-order valence-corrected chi connectivity index (χ0v) is 22.7. The summed E-state index contributed by atoms with van der Waals surface area (Å²) < 4.78 is 45.0. The molecule has 9 heteroatoms. The first-order valence-corrected chi connectivity index (χ1v) is 13.0. The molecule has 2 amide bonds. The molecule has 1 aromatic heterocycles. The molecule has 1 N–H and O–H groups in total. The zero-order valence-electron chi connectivity index (χ0n) is 22.7. The predicted octanol–water partition coefficient (Wildman–Crippen LogP) is 6.32. The lowest BCUT2D eigenvalue weighted by Gasteiger charge is -2.30. The van der Waals surface area contributed by atoms with Gasteiger partial charge in [0.25, 0.3) is 5.91 Å². The van der Waals surface area contributed by atoms with Crippen molar-refractivity contribution in [3.05, 3.63) is 101 Å². The van der Waals surface area contributed by atoms with Crippen LogP contribution in [-0.2, 0) is 23.9 Å². The van der Waals surface area contributed by atoms with Gasteiger partial charge in [0.05, 0.1) is 12.7 Å². The van der Waals surface area contributed by atoms with Crippen molar-refractivity contribution in [2.75, 3.05) is 20.2 Å². The molecule has 0 fully saturated rings. The number of rotatable bonds is 10. The largest absolute Gasteiger partial charge is 0.497 e. The third kappa shape index (κ3) is 6.83. The number of hydrogen-bond acceptors (Lipinski definition) is 3. The predicted molar refractivity (Wildman–Crippen MR) is 148 cm³/mol. The van der Waals surface area contributed by atoms with Crippen molar-refractivity contribution in [1.29, 1.82) is 0 Å². The lowest BCUT2D eigenvalue weighted by atomic mass is 10.1. The van der Waals surface area contributed by atoms with E-state index in [4.69, 9.17) is 4.74 Å². The van der Waals surface area contributed by atoms with Crippen molar-refractivity contribution in [2.24, 2.45) is 0 Å². The maximum absolute atomic E-state index is 13.7. The van der Waals surface area contributed by atoms with Crippen molar-refractivity contribution < 1.29 is 27.5 Å². The van der Waals surface area contributed by atoms with Gasteiger partial charge < -0.3 is 19.5 Å². The van der Waals surface area contributed by atoms with E-state index < -0.39 is 23.7 Å². The van der Waals surface area contributed by atoms with Gasteiger partial charge >= 0.3 is 6.18 Å². The quantitative estimate of drug-likeness (QED) is 0.251. The Morgan fingerprint density at radius 1 is 0.975 bits per heavy atom. The lowest BCUT2D eigenvalue weighted by molar-refractivity contribution is -0.137. The van der Waals surface area contributed by atoms with Crippen LogP contribution in [0, 0.1) is 0 Å². The molecule has 0 saturated heterocycles. The number of alkyl halides is 3. The maximum Gasteiger partial charge on any atom is 0.416 e. The summed E-state index contributed by atoms with van der Waals surface area (Å²) in [5.74, 6) is -0.238. The molecule has 6 nitrogen and oxygen atoms in total. The Balaban J connectivity index is 1.56. The number of ether oxygens (including phenoxy) is 1. The topological polar surface area (TPSA) is 65.6 Å². The van der Waals surface area contributed by atoms with Gasteiger partial charge in [-0.3, -0.25) is 9.59 Å². The van der Waals surface area contributed by atoms with Gasteiger partial charge in [0.15, 0.2) is 0 Å². The number of aromatic amines is 1. The smallest absolute Gasteiger partial charge is 0.416 e. The van der Waals surface area contributed by atoms with Gasteiger partial charge in [-0.25, -0.2) is 0 Å². The summed E-state index contributed by atoms with van der Waals surface area (Å²) in [5, 5.41) is 1.07. The standard InChI is InChI=1S/C31H32F3N3O3/c1-21(2)37(30(39)23-7-6-8-25(17-23)31(32,33)34)20-29(38)36(19-22-11-13-26(40-3)14-12-22)16-15-24-18-35-28-10-5-4-9-27(24)28/h4-14,17-18,21,35H,15-16,19-20H2,1-3H3. The Bertz CT molecular complexity index is 1460. The van der Waals surface area contributed by atoms with Crippen LogP contribution < -0.4 is 4.74 Å². The number of fused-ring (bicyclic) bond motifs is 1. The highest BCUT2D eigenvalue weighted by Gasteiger charge is 2.32. The normalized spacial score (nSPS) is 11.6. The average Bonchev–Trinajstić information content (AvgIpc) is 3.36. The van der Waals surface area contributed by atoms with E-state index in [2.05, 4.69) is 4.98 Å². The van der Waals surface area contributed by atoms with E-state index >= 15 is 0 Å². The Morgan fingerprint density at radius 3 is 2.38 bits per heavy atom. The van der Waals surface area contributed by atoms with E-state index in [9.17, 15) is 22.8 Å². The molecule has 0 aliphatic heterocycles. The van der Waals surface area contributed by atoms with Gasteiger partial charge in [-0.05, 0) is 67.8 Å². The van der Waals surface area contributed by atoms with Crippen molar-refractivity contribution in [1.82, 2.24) is 14.8 Å². The Kier molecular flexibility index (Phi) is 8.82. The van der Waals surface area contributed by atoms with Gasteiger partial charge in [0, 0.05) is 41.8 Å². The van der Waals surface area contributed by atoms with E-state index in [1.54, 1.807) is 25.9 Å². The molecule has 0 saturated carbocycles. The number of para-hydroxylation sites is 1. The molecule has 4 rings (SSSR count). The van der Waals surface area contributed by atoms with E-state index in [0.717, 1.165) is 34.2 Å². The second-order valence-corrected chi connectivity index (χ2v) is 9.88. The van der Waals surface area contributed by atoms with E-state index in [1.165, 1.54) is 17.0 Å². The molecule has 0 aliphatic rings. The van der Waals surface area contributed by atoms with Crippen molar-refractivity contribution in [3.8, 4) is 5.75 Å². The van der Waals surface area contributed by atoms with Crippen LogP contribution in [-0.4, -0.2) is 52.8 Å². The van der Waals surface area contributed by atoms with Crippen LogP contribution in [0.3, 0.4) is 0 Å². The number of amides is 2. The van der Waals surface area contributed by atoms with Crippen molar-refractivity contribution in [3.63, 3.8) is 0 Å². The first-order valence-electron chi connectivity index (χ1n) is 13.0. The summed E-state index contributed by atoms with van der Waals surface area (Å²) in [6.45, 7) is 3.89. The highest BCUT2D eigenvalue weighted by atomic mass is 19.4. The summed E-state index contributed by atoms with van der Waals surface area (Å²) in [4.78, 5) is 33.2. The summed E-state index contributed by atoms with van der Waals surface area (Å²) in [6.07, 6.45) is -2.07. The molecule has 1 heterocycles. The van der Waals surface area contributed by atoms with Gasteiger partial charge in [-0.2, -0.15) is 13.2 Å². The molecule has 40 heavy (non-hydrogen) atoms. The van der Waals surface area contributed by atoms with Gasteiger partial charge in [0.1, 0.15) is 12.3 Å². The minimum absolute atomic E-state index is 0.114. The Hall–Kier alpha value is -4.27. The third-order valence-corrected chi connectivity index (χ3v) is 6.84. The lowest BCUT2D eigenvalue weighted by Crippen LogP contribution is -2.46. The summed E-state index contributed by atoms with van der Waals surface area (Å²) in [6, 6.07) is 19.2. The van der Waals surface area contributed by atoms with Crippen molar-refractivity contribution in [2.45, 2.75) is 39.0 Å². The molecule has 0 bridgehead atoms. The highest BCUT2D eigenvalue weighted by molar-refractivity contribution is 5.97. The fourth-order valence-electron chi connectivity index (χ4n) is 4.57. The van der Waals surface area contributed by atoms with E-state index in [1.807, 2.05) is 54.7 Å². The monoisotopic (exact) mass is 551 g/mol. The summed E-state index contributed by atoms with van der Waals surface area (Å²) in [5.41, 5.74) is 1.92. The minimum Gasteiger partial charge on any atom is -0.497 e. The van der Waals surface area contributed by atoms with E-state index in [-0.39, 0.29) is 18.0 Å². The van der Waals surface area contributed by atoms with Crippen LogP contribution in [0.15, 0.2) is 79.0 Å². The number of carbonyl (C=O) groups excluding carboxylic acids is 2. The fourth-order valence-corrected chi connectivity index (χ4v) is 4.57. The maximum atomic E-state index is 13.7.